The van der Waals surface area contributed by atoms with E-state index < -0.39 is 5.97 Å². The Morgan fingerprint density at radius 2 is 1.69 bits per heavy atom. The Hall–Kier alpha value is 0.118. The van der Waals surface area contributed by atoms with Gasteiger partial charge in [-0.1, -0.05) is 33.1 Å². The Morgan fingerprint density at radius 1 is 1.25 bits per heavy atom. The first kappa shape index (κ1) is 21.4. The van der Waals surface area contributed by atoms with Gasteiger partial charge in [0.1, 0.15) is 0 Å². The first-order valence-electron chi connectivity index (χ1n) is 5.55. The number of carboxylic acids is 1. The minimum atomic E-state index is -0.746. The zero-order chi connectivity index (χ0) is 11.0. The van der Waals surface area contributed by atoms with E-state index in [1.807, 2.05) is 13.8 Å². The van der Waals surface area contributed by atoms with E-state index >= 15 is 0 Å². The molecule has 16 heavy (non-hydrogen) atoms. The van der Waals surface area contributed by atoms with Crippen molar-refractivity contribution >= 4 is 5.97 Å². The molecule has 3 nitrogen and oxygen atoms in total. The van der Waals surface area contributed by atoms with Crippen molar-refractivity contribution in [2.45, 2.75) is 52.4 Å². The number of hydrogen-bond donors (Lipinski definition) is 1. The molecule has 1 saturated carbocycles. The van der Waals surface area contributed by atoms with Crippen molar-refractivity contribution in [2.75, 3.05) is 6.54 Å². The largest absolute Gasteiger partial charge is 2.00 e. The minimum Gasteiger partial charge on any atom is -0.677 e. The number of carboxylic acid groups (broad SMARTS) is 1. The third kappa shape index (κ3) is 7.40. The van der Waals surface area contributed by atoms with Gasteiger partial charge in [0.2, 0.25) is 0 Å². The van der Waals surface area contributed by atoms with E-state index in [1.54, 1.807) is 0 Å². The number of carbonyl (C=O) groups is 1. The van der Waals surface area contributed by atoms with E-state index in [1.165, 1.54) is 6.42 Å². The van der Waals surface area contributed by atoms with Crippen molar-refractivity contribution in [3.8, 4) is 0 Å². The maximum absolute atomic E-state index is 10.5. The van der Waals surface area contributed by atoms with Gasteiger partial charge in [0.05, 0.1) is 0 Å². The van der Waals surface area contributed by atoms with Crippen LogP contribution in [0.5, 0.6) is 0 Å². The van der Waals surface area contributed by atoms with Gasteiger partial charge >= 0.3 is 27.0 Å². The summed E-state index contributed by atoms with van der Waals surface area (Å²) in [7, 11) is 0. The number of rotatable bonds is 3. The zero-order valence-electron chi connectivity index (χ0n) is 10.7. The molecule has 1 fully saturated rings. The third-order valence-electron chi connectivity index (χ3n) is 2.82. The Labute approximate surface area is 114 Å². The fourth-order valence-corrected chi connectivity index (χ4v) is 2.04. The van der Waals surface area contributed by atoms with Gasteiger partial charge in [-0.25, -0.2) is 0 Å². The van der Waals surface area contributed by atoms with Gasteiger partial charge in [-0.3, -0.25) is 4.79 Å². The van der Waals surface area contributed by atoms with Crippen LogP contribution >= 0.6 is 0 Å². The van der Waals surface area contributed by atoms with Crippen LogP contribution in [-0.2, 0) is 25.9 Å². The van der Waals surface area contributed by atoms with Crippen molar-refractivity contribution in [3.63, 3.8) is 0 Å². The molecule has 2 N–H and O–H groups in total. The fraction of sp³-hybridized carbons (Fsp3) is 0.833. The van der Waals surface area contributed by atoms with Crippen LogP contribution in [0.25, 0.3) is 5.73 Å². The molecule has 0 heterocycles. The van der Waals surface area contributed by atoms with Crippen LogP contribution in [0.1, 0.15) is 52.4 Å². The summed E-state index contributed by atoms with van der Waals surface area (Å²) < 4.78 is 0. The van der Waals surface area contributed by atoms with Crippen LogP contribution in [0.2, 0.25) is 0 Å². The van der Waals surface area contributed by atoms with E-state index in [4.69, 9.17) is 10.8 Å². The molecule has 0 aromatic carbocycles. The second-order valence-corrected chi connectivity index (χ2v) is 3.81. The van der Waals surface area contributed by atoms with Gasteiger partial charge in [-0.15, -0.1) is 6.54 Å². The number of nitrogens with one attached hydrogen (secondary N) is 1. The molecule has 0 bridgehead atoms. The third-order valence-corrected chi connectivity index (χ3v) is 2.82. The summed E-state index contributed by atoms with van der Waals surface area (Å²) >= 11 is 0. The minimum absolute atomic E-state index is 0. The molecule has 0 atom stereocenters. The quantitative estimate of drug-likeness (QED) is 0.731. The summed E-state index contributed by atoms with van der Waals surface area (Å²) in [4.78, 5) is 10.5. The summed E-state index contributed by atoms with van der Waals surface area (Å²) in [5.74, 6) is -0.746. The van der Waals surface area contributed by atoms with Crippen LogP contribution in [0, 0.1) is 12.8 Å². The monoisotopic (exact) mass is 399 g/mol. The average Bonchev–Trinajstić information content (AvgIpc) is 2.21. The van der Waals surface area contributed by atoms with E-state index in [0.717, 1.165) is 25.7 Å². The maximum atomic E-state index is 10.5. The summed E-state index contributed by atoms with van der Waals surface area (Å²) in [5.41, 5.74) is 7.18. The van der Waals surface area contributed by atoms with Crippen LogP contribution in [0.15, 0.2) is 0 Å². The van der Waals surface area contributed by atoms with Gasteiger partial charge in [0.25, 0.3) is 0 Å². The molecule has 1 rings (SSSR count). The zero-order valence-corrected chi connectivity index (χ0v) is 13.6. The Morgan fingerprint density at radius 3 is 2.00 bits per heavy atom. The van der Waals surface area contributed by atoms with Crippen LogP contribution < -0.4 is 0 Å². The molecular formula is C12H25NO2W. The molecule has 0 radical (unpaired) electrons. The van der Waals surface area contributed by atoms with Gasteiger partial charge in [0, 0.05) is 6.42 Å². The van der Waals surface area contributed by atoms with Gasteiger partial charge < -0.3 is 18.3 Å². The Balaban J connectivity index is -0.000000399. The molecule has 1 aliphatic carbocycles. The molecular weight excluding hydrogens is 374 g/mol. The Kier molecular flexibility index (Phi) is 15.5. The smallest absolute Gasteiger partial charge is 0.677 e. The SMILES string of the molecule is CC.[CH3-].[NH-]CC1(CC(=O)O)CCCCC1.[W+2]. The molecule has 0 spiro atoms. The first-order valence-corrected chi connectivity index (χ1v) is 5.55. The van der Waals surface area contributed by atoms with E-state index in [-0.39, 0.29) is 46.9 Å². The summed E-state index contributed by atoms with van der Waals surface area (Å²) in [6.07, 6.45) is 5.47. The molecule has 0 aromatic heterocycles. The molecule has 0 amide bonds. The van der Waals surface area contributed by atoms with Gasteiger partial charge in [-0.2, -0.15) is 0 Å². The standard InChI is InChI=1S/C9H16NO2.C2H6.CH3.W/c10-7-9(6-8(11)12)4-2-1-3-5-9;1-2;;/h10H,1-7H2,(H,11,12);1-2H3;1H3;/q-1;;-1;+2. The van der Waals surface area contributed by atoms with E-state index in [9.17, 15) is 4.79 Å². The normalized spacial score (nSPS) is 16.9. The molecule has 1 aliphatic rings. The topological polar surface area (TPSA) is 61.1 Å². The van der Waals surface area contributed by atoms with E-state index in [0.29, 0.717) is 0 Å². The molecule has 0 aliphatic heterocycles. The van der Waals surface area contributed by atoms with Crippen molar-refractivity contribution in [1.29, 1.82) is 0 Å². The van der Waals surface area contributed by atoms with Crippen molar-refractivity contribution in [2.24, 2.45) is 5.41 Å². The van der Waals surface area contributed by atoms with Crippen molar-refractivity contribution in [3.05, 3.63) is 13.2 Å². The fourth-order valence-electron chi connectivity index (χ4n) is 2.04. The molecule has 0 aromatic rings. The summed E-state index contributed by atoms with van der Waals surface area (Å²) in [5, 5.41) is 8.68. The van der Waals surface area contributed by atoms with Crippen molar-refractivity contribution < 1.29 is 31.0 Å². The van der Waals surface area contributed by atoms with Crippen LogP contribution in [0.3, 0.4) is 0 Å². The molecule has 0 unspecified atom stereocenters. The first-order chi connectivity index (χ1) is 6.68. The number of aliphatic carboxylic acids is 1. The molecule has 4 heteroatoms. The second kappa shape index (κ2) is 11.6. The second-order valence-electron chi connectivity index (χ2n) is 3.81. The predicted octanol–water partition coefficient (Wildman–Crippen LogP) is 3.94. The predicted molar refractivity (Wildman–Crippen MR) is 64.7 cm³/mol. The maximum Gasteiger partial charge on any atom is 2.00 e. The van der Waals surface area contributed by atoms with Crippen LogP contribution in [-0.4, -0.2) is 17.6 Å². The number of hydrogen-bond acceptors (Lipinski definition) is 1. The van der Waals surface area contributed by atoms with Gasteiger partial charge in [0.15, 0.2) is 0 Å². The van der Waals surface area contributed by atoms with Gasteiger partial charge in [-0.05, 0) is 18.3 Å². The van der Waals surface area contributed by atoms with Crippen molar-refractivity contribution in [1.82, 2.24) is 0 Å². The summed E-state index contributed by atoms with van der Waals surface area (Å²) in [6.45, 7) is 4.28. The average molecular weight is 399 g/mol. The van der Waals surface area contributed by atoms with Crippen LogP contribution in [0.4, 0.5) is 0 Å². The Bertz CT molecular complexity index is 168. The van der Waals surface area contributed by atoms with E-state index in [2.05, 4.69) is 0 Å². The summed E-state index contributed by atoms with van der Waals surface area (Å²) in [6, 6.07) is 0. The molecule has 0 saturated heterocycles. The molecule has 96 valence electrons.